The van der Waals surface area contributed by atoms with E-state index in [9.17, 15) is 28.2 Å². The molecule has 3 aliphatic heterocycles. The summed E-state index contributed by atoms with van der Waals surface area (Å²) in [7, 11) is 5.22. The molecule has 12 atom stereocenters. The molecule has 3 aliphatic rings. The van der Waals surface area contributed by atoms with E-state index in [1.165, 1.54) is 20.3 Å². The van der Waals surface area contributed by atoms with Crippen LogP contribution in [-0.4, -0.2) is 142 Å². The Bertz CT molecular complexity index is 1800. The molecule has 2 aromatic rings. The standard InChI is InChI=1S/C42H64N6O10.CH3FS/c1-11-34-42(7)33(48(40(53)58-42)18-13-12-17-47-23-30(44-45-47)28-15-14-16-29(43)20-28)21-32(49)24(2)22-41(6,54-10)37(26(4)35(50)27(5)38(52)56-34)57-39-36(51)31(46(8)9)19-25(3)55-39;1-3-2/h14-16,20,23-27,31,33-34,36-37,39,51H,11-13,17-19,21-22,43H2,1-10H3;1H3/t24-,25?,26+,27-,31?,33-,34-,36?,37-,39+,41-,42+;/m1./s1. The first-order valence-corrected chi connectivity index (χ1v) is 22.2. The summed E-state index contributed by atoms with van der Waals surface area (Å²) in [5.41, 5.74) is 5.47. The number of aryl methyl sites for hydroxylation is 1. The molecule has 1 aromatic heterocycles. The number of esters is 1. The van der Waals surface area contributed by atoms with E-state index in [2.05, 4.69) is 10.3 Å². The maximum atomic E-state index is 14.4. The van der Waals surface area contributed by atoms with Crippen molar-refractivity contribution in [3.8, 4) is 11.3 Å². The fraction of sp³-hybridized carbons (Fsp3) is 0.721. The first kappa shape index (κ1) is 50.0. The number of carbonyl (C=O) groups is 4. The van der Waals surface area contributed by atoms with Crippen LogP contribution in [0, 0.1) is 17.8 Å². The van der Waals surface area contributed by atoms with Crippen molar-refractivity contribution >= 4 is 41.5 Å². The third kappa shape index (κ3) is 11.7. The molecule has 61 heavy (non-hydrogen) atoms. The highest BCUT2D eigenvalue weighted by Crippen LogP contribution is 2.41. The first-order chi connectivity index (χ1) is 28.7. The zero-order valence-corrected chi connectivity index (χ0v) is 38.4. The summed E-state index contributed by atoms with van der Waals surface area (Å²) in [6, 6.07) is 6.35. The van der Waals surface area contributed by atoms with E-state index in [0.717, 1.165) is 5.56 Å². The zero-order chi connectivity index (χ0) is 45.4. The van der Waals surface area contributed by atoms with Gasteiger partial charge < -0.3 is 44.3 Å². The van der Waals surface area contributed by atoms with Gasteiger partial charge in [-0.1, -0.05) is 38.1 Å². The number of likely N-dealkylation sites (N-methyl/N-ethyl adjacent to an activating group) is 1. The van der Waals surface area contributed by atoms with Crippen molar-refractivity contribution in [2.24, 2.45) is 17.8 Å². The lowest BCUT2D eigenvalue weighted by Crippen LogP contribution is -2.59. The second-order valence-corrected chi connectivity index (χ2v) is 17.6. The summed E-state index contributed by atoms with van der Waals surface area (Å²) in [6.45, 7) is 12.9. The van der Waals surface area contributed by atoms with Crippen molar-refractivity contribution in [2.75, 3.05) is 39.7 Å². The number of anilines is 1. The number of aliphatic hydroxyl groups excluding tert-OH is 1. The Hall–Kier alpha value is -3.68. The molecule has 0 aliphatic carbocycles. The average Bonchev–Trinajstić information content (AvgIpc) is 3.78. The van der Waals surface area contributed by atoms with Gasteiger partial charge in [-0.05, 0) is 86.0 Å². The van der Waals surface area contributed by atoms with E-state index in [0.29, 0.717) is 37.2 Å². The van der Waals surface area contributed by atoms with E-state index in [-0.39, 0.29) is 55.9 Å². The molecule has 5 rings (SSSR count). The predicted octanol–water partition coefficient (Wildman–Crippen LogP) is 5.50. The van der Waals surface area contributed by atoms with Crippen LogP contribution in [0.3, 0.4) is 0 Å². The minimum Gasteiger partial charge on any atom is -0.458 e. The number of rotatable bonds is 11. The Morgan fingerprint density at radius 2 is 1.77 bits per heavy atom. The van der Waals surface area contributed by atoms with Crippen LogP contribution in [-0.2, 0) is 44.6 Å². The lowest BCUT2D eigenvalue weighted by atomic mass is 9.76. The van der Waals surface area contributed by atoms with Crippen molar-refractivity contribution in [3.05, 3.63) is 30.5 Å². The van der Waals surface area contributed by atoms with Crippen LogP contribution in [0.15, 0.2) is 30.5 Å². The number of benzene rings is 1. The number of carbonyl (C=O) groups excluding carboxylic acids is 4. The Labute approximate surface area is 363 Å². The molecule has 0 spiro atoms. The van der Waals surface area contributed by atoms with Gasteiger partial charge in [0.25, 0.3) is 0 Å². The van der Waals surface area contributed by atoms with Crippen molar-refractivity contribution < 1.29 is 51.9 Å². The SMILES string of the molecule is CC[C@H]1OC(=O)[C@H](C)C(=O)[C@H](C)[C@@H](O[C@@H]2OC(C)CC(N(C)C)C2O)[C@](C)(OC)C[C@@H](C)C(=O)C[C@H]2N(CCCCn3cc(-c4cccc(N)c4)nn3)C(=O)O[C@]12C.CSF. The lowest BCUT2D eigenvalue weighted by Gasteiger charge is -2.46. The van der Waals surface area contributed by atoms with Crippen LogP contribution < -0.4 is 5.73 Å². The van der Waals surface area contributed by atoms with Crippen LogP contribution in [0.5, 0.6) is 0 Å². The highest BCUT2D eigenvalue weighted by atomic mass is 32.2. The van der Waals surface area contributed by atoms with Gasteiger partial charge in [-0.15, -0.1) is 5.10 Å². The number of hydrogen-bond donors (Lipinski definition) is 2. The van der Waals surface area contributed by atoms with Gasteiger partial charge in [-0.3, -0.25) is 19.1 Å². The quantitative estimate of drug-likeness (QED) is 0.124. The van der Waals surface area contributed by atoms with Crippen LogP contribution >= 0.6 is 12.1 Å². The van der Waals surface area contributed by atoms with E-state index in [1.54, 1.807) is 50.3 Å². The molecule has 3 N–H and O–H groups in total. The van der Waals surface area contributed by atoms with Gasteiger partial charge >= 0.3 is 12.1 Å². The smallest absolute Gasteiger partial charge is 0.410 e. The normalized spacial score (nSPS) is 34.0. The summed E-state index contributed by atoms with van der Waals surface area (Å²) >= 11 is 0.250. The monoisotopic (exact) mass is 878 g/mol. The largest absolute Gasteiger partial charge is 0.458 e. The average molecular weight is 879 g/mol. The van der Waals surface area contributed by atoms with Crippen molar-refractivity contribution in [2.45, 2.75) is 148 Å². The predicted molar refractivity (Wildman–Crippen MR) is 229 cm³/mol. The highest BCUT2D eigenvalue weighted by Gasteiger charge is 2.58. The minimum atomic E-state index is -1.39. The minimum absolute atomic E-state index is 0.0774. The molecule has 4 heterocycles. The third-order valence-electron chi connectivity index (χ3n) is 12.6. The number of nitrogen functional groups attached to an aromatic ring is 1. The number of hydrogen-bond acceptors (Lipinski definition) is 15. The highest BCUT2D eigenvalue weighted by molar-refractivity contribution is 7.93. The maximum Gasteiger partial charge on any atom is 0.410 e. The Morgan fingerprint density at radius 3 is 2.39 bits per heavy atom. The van der Waals surface area contributed by atoms with Crippen LogP contribution in [0.25, 0.3) is 11.3 Å². The maximum absolute atomic E-state index is 14.4. The number of ketones is 2. The number of aliphatic hydroxyl groups is 1. The molecule has 1 aromatic carbocycles. The molecular formula is C43H67FN6O10S. The van der Waals surface area contributed by atoms with Crippen molar-refractivity contribution in [3.63, 3.8) is 0 Å². The molecule has 0 bridgehead atoms. The van der Waals surface area contributed by atoms with Crippen molar-refractivity contribution in [1.29, 1.82) is 0 Å². The van der Waals surface area contributed by atoms with Gasteiger partial charge in [0, 0.05) is 74.2 Å². The number of amides is 1. The Morgan fingerprint density at radius 1 is 1.10 bits per heavy atom. The van der Waals surface area contributed by atoms with Crippen molar-refractivity contribution in [1.82, 2.24) is 24.8 Å². The lowest BCUT2D eigenvalue weighted by molar-refractivity contribution is -0.295. The molecule has 16 nitrogen and oxygen atoms in total. The van der Waals surface area contributed by atoms with E-state index in [4.69, 9.17) is 29.4 Å². The number of nitrogens with zero attached hydrogens (tertiary/aromatic N) is 5. The zero-order valence-electron chi connectivity index (χ0n) is 37.5. The Kier molecular flexibility index (Phi) is 17.7. The van der Waals surface area contributed by atoms with Gasteiger partial charge in [-0.2, -0.15) is 3.89 Å². The van der Waals surface area contributed by atoms with E-state index >= 15 is 0 Å². The fourth-order valence-corrected chi connectivity index (χ4v) is 8.91. The molecule has 3 saturated heterocycles. The fourth-order valence-electron chi connectivity index (χ4n) is 8.91. The molecule has 3 unspecified atom stereocenters. The number of aromatic nitrogens is 3. The molecule has 0 saturated carbocycles. The second kappa shape index (κ2) is 21.6. The second-order valence-electron chi connectivity index (χ2n) is 17.3. The summed E-state index contributed by atoms with van der Waals surface area (Å²) in [5, 5.41) is 19.9. The summed E-state index contributed by atoms with van der Waals surface area (Å²) in [5.74, 6) is -4.22. The number of halogens is 1. The summed E-state index contributed by atoms with van der Waals surface area (Å²) < 4.78 is 42.9. The van der Waals surface area contributed by atoms with Crippen LogP contribution in [0.1, 0.15) is 87.0 Å². The van der Waals surface area contributed by atoms with E-state index in [1.807, 2.05) is 50.3 Å². The van der Waals surface area contributed by atoms with Gasteiger partial charge in [-0.25, -0.2) is 4.79 Å². The molecule has 342 valence electrons. The van der Waals surface area contributed by atoms with Gasteiger partial charge in [0.15, 0.2) is 17.7 Å². The number of ether oxygens (including phenoxy) is 5. The number of cyclic esters (lactones) is 1. The number of Topliss-reactive ketones (excluding diaryl/α,β-unsaturated/α-hetero) is 2. The molecule has 3 fully saturated rings. The summed E-state index contributed by atoms with van der Waals surface area (Å²) in [6.07, 6.45) is 0.255. The van der Waals surface area contributed by atoms with Gasteiger partial charge in [0.2, 0.25) is 0 Å². The topological polar surface area (TPSA) is 198 Å². The van der Waals surface area contributed by atoms with Gasteiger partial charge in [0.05, 0.1) is 30.0 Å². The number of unbranched alkanes of at least 4 members (excludes halogenated alkanes) is 1. The summed E-state index contributed by atoms with van der Waals surface area (Å²) in [4.78, 5) is 59.7. The number of methoxy groups -OCH3 is 1. The number of nitrogens with two attached hydrogens (primary N) is 1. The van der Waals surface area contributed by atoms with Gasteiger partial charge in [0.1, 0.15) is 29.6 Å². The first-order valence-electron chi connectivity index (χ1n) is 21.1. The van der Waals surface area contributed by atoms with Crippen LogP contribution in [0.2, 0.25) is 0 Å². The third-order valence-corrected chi connectivity index (χ3v) is 12.6. The number of fused-ring (bicyclic) bond motifs is 1. The van der Waals surface area contributed by atoms with Crippen LogP contribution in [0.4, 0.5) is 14.4 Å². The Balaban J connectivity index is 0.00000265. The van der Waals surface area contributed by atoms with E-state index < -0.39 is 77.4 Å². The molecule has 18 heteroatoms. The molecule has 0 radical (unpaired) electrons. The molecular weight excluding hydrogens is 812 g/mol. The molecule has 1 amide bonds.